The fraction of sp³-hybridized carbons (Fsp3) is 0.462. The molecule has 1 aliphatic carbocycles. The normalized spacial score (nSPS) is 15.1. The van der Waals surface area contributed by atoms with Crippen LogP contribution in [0.25, 0.3) is 0 Å². The summed E-state index contributed by atoms with van der Waals surface area (Å²) in [4.78, 5) is 0. The molecule has 0 amide bonds. The van der Waals surface area contributed by atoms with Gasteiger partial charge in [0.05, 0.1) is 17.4 Å². The van der Waals surface area contributed by atoms with Crippen molar-refractivity contribution in [2.45, 2.75) is 24.6 Å². The zero-order chi connectivity index (χ0) is 13.7. The first-order valence-corrected chi connectivity index (χ1v) is 7.94. The summed E-state index contributed by atoms with van der Waals surface area (Å²) < 4.78 is 26.2. The average molecular weight is 279 g/mol. The Balaban J connectivity index is 1.83. The Kier molecular flexibility index (Phi) is 4.53. The smallest absolute Gasteiger partial charge is 0.215 e. The third kappa shape index (κ3) is 4.99. The van der Waals surface area contributed by atoms with Gasteiger partial charge < -0.3 is 5.32 Å². The summed E-state index contributed by atoms with van der Waals surface area (Å²) in [7, 11) is -3.34. The highest BCUT2D eigenvalue weighted by Crippen LogP contribution is 2.17. The summed E-state index contributed by atoms with van der Waals surface area (Å²) in [6, 6.07) is 9.24. The first-order valence-electron chi connectivity index (χ1n) is 6.29. The number of hydrogen-bond donors (Lipinski definition) is 2. The van der Waals surface area contributed by atoms with Crippen LogP contribution in [0, 0.1) is 11.3 Å². The summed E-state index contributed by atoms with van der Waals surface area (Å²) in [5, 5.41) is 12.0. The van der Waals surface area contributed by atoms with Gasteiger partial charge in [-0.2, -0.15) is 5.26 Å². The van der Waals surface area contributed by atoms with Gasteiger partial charge in [-0.25, -0.2) is 13.1 Å². The molecule has 1 aliphatic rings. The van der Waals surface area contributed by atoms with E-state index in [9.17, 15) is 8.42 Å². The van der Waals surface area contributed by atoms with Crippen molar-refractivity contribution in [1.29, 1.82) is 5.26 Å². The standard InChI is InChI=1S/C13H17N3O2S/c14-9-11-2-1-3-12(8-11)10-19(17,18)16-7-6-15-13-4-5-13/h1-3,8,13,15-16H,4-7,10H2. The van der Waals surface area contributed by atoms with Crippen LogP contribution in [0.3, 0.4) is 0 Å². The quantitative estimate of drug-likeness (QED) is 0.721. The molecular weight excluding hydrogens is 262 g/mol. The lowest BCUT2D eigenvalue weighted by Crippen LogP contribution is -2.33. The van der Waals surface area contributed by atoms with E-state index >= 15 is 0 Å². The lowest BCUT2D eigenvalue weighted by atomic mass is 10.2. The number of nitriles is 1. The second-order valence-electron chi connectivity index (χ2n) is 4.69. The molecule has 0 aliphatic heterocycles. The Hall–Kier alpha value is -1.42. The molecule has 1 fully saturated rings. The van der Waals surface area contributed by atoms with Gasteiger partial charge in [0.15, 0.2) is 0 Å². The van der Waals surface area contributed by atoms with E-state index in [1.54, 1.807) is 24.3 Å². The van der Waals surface area contributed by atoms with Gasteiger partial charge in [0, 0.05) is 19.1 Å². The molecule has 1 saturated carbocycles. The van der Waals surface area contributed by atoms with Crippen molar-refractivity contribution in [3.8, 4) is 6.07 Å². The Labute approximate surface area is 113 Å². The van der Waals surface area contributed by atoms with Crippen LogP contribution in [-0.2, 0) is 15.8 Å². The molecule has 0 aromatic heterocycles. The highest BCUT2D eigenvalue weighted by Gasteiger charge is 2.20. The van der Waals surface area contributed by atoms with Crippen LogP contribution in [0.4, 0.5) is 0 Å². The molecule has 1 aromatic carbocycles. The monoisotopic (exact) mass is 279 g/mol. The molecule has 6 heteroatoms. The third-order valence-corrected chi connectivity index (χ3v) is 4.23. The predicted molar refractivity (Wildman–Crippen MR) is 72.8 cm³/mol. The van der Waals surface area contributed by atoms with E-state index in [2.05, 4.69) is 10.0 Å². The van der Waals surface area contributed by atoms with Crippen LogP contribution >= 0.6 is 0 Å². The van der Waals surface area contributed by atoms with E-state index in [0.717, 1.165) is 0 Å². The SMILES string of the molecule is N#Cc1cccc(CS(=O)(=O)NCCNC2CC2)c1. The molecule has 102 valence electrons. The molecule has 0 atom stereocenters. The van der Waals surface area contributed by atoms with E-state index in [1.807, 2.05) is 6.07 Å². The minimum atomic E-state index is -3.34. The van der Waals surface area contributed by atoms with Crippen LogP contribution in [0.2, 0.25) is 0 Å². The summed E-state index contributed by atoms with van der Waals surface area (Å²) in [6.45, 7) is 1.05. The van der Waals surface area contributed by atoms with Gasteiger partial charge in [0.1, 0.15) is 0 Å². The zero-order valence-electron chi connectivity index (χ0n) is 10.6. The van der Waals surface area contributed by atoms with Gasteiger partial charge in [0.25, 0.3) is 0 Å². The number of benzene rings is 1. The topological polar surface area (TPSA) is 82.0 Å². The molecule has 0 unspecified atom stereocenters. The van der Waals surface area contributed by atoms with Crippen molar-refractivity contribution in [2.75, 3.05) is 13.1 Å². The Morgan fingerprint density at radius 3 is 2.79 bits per heavy atom. The fourth-order valence-electron chi connectivity index (χ4n) is 1.77. The van der Waals surface area contributed by atoms with Gasteiger partial charge in [-0.15, -0.1) is 0 Å². The van der Waals surface area contributed by atoms with E-state index < -0.39 is 10.0 Å². The van der Waals surface area contributed by atoms with Crippen molar-refractivity contribution in [1.82, 2.24) is 10.0 Å². The molecule has 5 nitrogen and oxygen atoms in total. The van der Waals surface area contributed by atoms with E-state index in [0.29, 0.717) is 30.3 Å². The van der Waals surface area contributed by atoms with Gasteiger partial charge in [-0.05, 0) is 30.5 Å². The molecule has 19 heavy (non-hydrogen) atoms. The van der Waals surface area contributed by atoms with E-state index in [1.165, 1.54) is 12.8 Å². The second kappa shape index (κ2) is 6.15. The Morgan fingerprint density at radius 2 is 2.11 bits per heavy atom. The largest absolute Gasteiger partial charge is 0.313 e. The minimum absolute atomic E-state index is 0.0913. The Morgan fingerprint density at radius 1 is 1.32 bits per heavy atom. The average Bonchev–Trinajstić information content (AvgIpc) is 3.18. The van der Waals surface area contributed by atoms with Crippen LogP contribution < -0.4 is 10.0 Å². The van der Waals surface area contributed by atoms with Crippen molar-refractivity contribution in [3.05, 3.63) is 35.4 Å². The van der Waals surface area contributed by atoms with Crippen molar-refractivity contribution >= 4 is 10.0 Å². The number of rotatable bonds is 7. The van der Waals surface area contributed by atoms with Crippen molar-refractivity contribution in [2.24, 2.45) is 0 Å². The van der Waals surface area contributed by atoms with Crippen LogP contribution in [0.1, 0.15) is 24.0 Å². The summed E-state index contributed by atoms with van der Waals surface area (Å²) in [5.74, 6) is -0.0913. The number of sulfonamides is 1. The Bertz CT molecular complexity index is 574. The van der Waals surface area contributed by atoms with Gasteiger partial charge in [0.2, 0.25) is 10.0 Å². The lowest BCUT2D eigenvalue weighted by Gasteiger charge is -2.07. The van der Waals surface area contributed by atoms with Crippen molar-refractivity contribution in [3.63, 3.8) is 0 Å². The predicted octanol–water partition coefficient (Wildman–Crippen LogP) is 0.730. The zero-order valence-corrected chi connectivity index (χ0v) is 11.4. The maximum atomic E-state index is 11.8. The highest BCUT2D eigenvalue weighted by molar-refractivity contribution is 7.88. The van der Waals surface area contributed by atoms with Gasteiger partial charge >= 0.3 is 0 Å². The first-order chi connectivity index (χ1) is 9.09. The molecule has 0 bridgehead atoms. The lowest BCUT2D eigenvalue weighted by molar-refractivity contribution is 0.574. The molecular formula is C13H17N3O2S. The first kappa shape index (κ1) is 14.0. The maximum absolute atomic E-state index is 11.8. The minimum Gasteiger partial charge on any atom is -0.313 e. The van der Waals surface area contributed by atoms with E-state index in [-0.39, 0.29) is 5.75 Å². The molecule has 0 radical (unpaired) electrons. The maximum Gasteiger partial charge on any atom is 0.215 e. The number of nitrogens with one attached hydrogen (secondary N) is 2. The molecule has 0 saturated heterocycles. The summed E-state index contributed by atoms with van der Waals surface area (Å²) in [6.07, 6.45) is 2.38. The number of nitrogens with zero attached hydrogens (tertiary/aromatic N) is 1. The third-order valence-electron chi connectivity index (χ3n) is 2.87. The van der Waals surface area contributed by atoms with Crippen LogP contribution in [0.5, 0.6) is 0 Å². The van der Waals surface area contributed by atoms with Crippen LogP contribution in [-0.4, -0.2) is 27.5 Å². The van der Waals surface area contributed by atoms with Gasteiger partial charge in [-0.3, -0.25) is 0 Å². The van der Waals surface area contributed by atoms with E-state index in [4.69, 9.17) is 5.26 Å². The van der Waals surface area contributed by atoms with Crippen LogP contribution in [0.15, 0.2) is 24.3 Å². The highest BCUT2D eigenvalue weighted by atomic mass is 32.2. The molecule has 2 rings (SSSR count). The molecule has 0 spiro atoms. The summed E-state index contributed by atoms with van der Waals surface area (Å²) in [5.41, 5.74) is 1.10. The number of hydrogen-bond acceptors (Lipinski definition) is 4. The fourth-order valence-corrected chi connectivity index (χ4v) is 2.90. The van der Waals surface area contributed by atoms with Gasteiger partial charge in [-0.1, -0.05) is 12.1 Å². The molecule has 0 heterocycles. The van der Waals surface area contributed by atoms with Crippen molar-refractivity contribution < 1.29 is 8.42 Å². The second-order valence-corrected chi connectivity index (χ2v) is 6.50. The molecule has 2 N–H and O–H groups in total. The molecule has 1 aromatic rings. The summed E-state index contributed by atoms with van der Waals surface area (Å²) >= 11 is 0.